The van der Waals surface area contributed by atoms with E-state index in [0.717, 1.165) is 34.5 Å². The van der Waals surface area contributed by atoms with Gasteiger partial charge in [0.1, 0.15) is 11.6 Å². The zero-order valence-electron chi connectivity index (χ0n) is 20.6. The maximum Gasteiger partial charge on any atom is 0.416 e. The Morgan fingerprint density at radius 3 is 2.53 bits per heavy atom. The van der Waals surface area contributed by atoms with Gasteiger partial charge in [0.15, 0.2) is 0 Å². The summed E-state index contributed by atoms with van der Waals surface area (Å²) in [4.78, 5) is 9.10. The van der Waals surface area contributed by atoms with E-state index < -0.39 is 17.3 Å². The highest BCUT2D eigenvalue weighted by Crippen LogP contribution is 2.55. The summed E-state index contributed by atoms with van der Waals surface area (Å²) in [5.41, 5.74) is 1.70. The van der Waals surface area contributed by atoms with Gasteiger partial charge in [-0.05, 0) is 68.5 Å². The number of nitrogens with zero attached hydrogens (tertiary/aromatic N) is 2. The van der Waals surface area contributed by atoms with Crippen LogP contribution >= 0.6 is 11.6 Å². The third-order valence-corrected chi connectivity index (χ3v) is 7.30. The first kappa shape index (κ1) is 26.2. The van der Waals surface area contributed by atoms with Crippen LogP contribution < -0.4 is 10.6 Å². The predicted molar refractivity (Wildman–Crippen MR) is 137 cm³/mol. The summed E-state index contributed by atoms with van der Waals surface area (Å²) in [6.45, 7) is 10.2. The molecule has 1 saturated carbocycles. The van der Waals surface area contributed by atoms with Crippen LogP contribution in [0.5, 0.6) is 0 Å². The zero-order chi connectivity index (χ0) is 26.3. The number of hydrogen-bond acceptors (Lipinski definition) is 5. The molecule has 36 heavy (non-hydrogen) atoms. The monoisotopic (exact) mass is 518 g/mol. The lowest BCUT2D eigenvalue weighted by Crippen LogP contribution is -2.55. The Hall–Kier alpha value is -2.84. The Bertz CT molecular complexity index is 1300. The normalized spacial score (nSPS) is 21.8. The number of aryl methyl sites for hydroxylation is 2. The van der Waals surface area contributed by atoms with E-state index in [1.54, 1.807) is 13.0 Å². The molecule has 0 radical (unpaired) electrons. The van der Waals surface area contributed by atoms with Gasteiger partial charge in [0, 0.05) is 35.5 Å². The number of anilines is 1. The first-order valence-electron chi connectivity index (χ1n) is 11.7. The number of allylic oxidation sites excluding steroid dienone is 1. The van der Waals surface area contributed by atoms with E-state index in [0.29, 0.717) is 47.9 Å². The lowest BCUT2D eigenvalue weighted by atomic mass is 9.57. The maximum atomic E-state index is 13.1. The van der Waals surface area contributed by atoms with Crippen LogP contribution in [-0.4, -0.2) is 27.5 Å². The molecule has 9 heteroatoms. The second-order valence-corrected chi connectivity index (χ2v) is 10.3. The van der Waals surface area contributed by atoms with Crippen molar-refractivity contribution in [3.8, 4) is 0 Å². The van der Waals surface area contributed by atoms with Crippen molar-refractivity contribution in [1.29, 1.82) is 0 Å². The fourth-order valence-electron chi connectivity index (χ4n) is 4.96. The molecular weight excluding hydrogens is 489 g/mol. The molecule has 2 aromatic carbocycles. The third kappa shape index (κ3) is 5.30. The van der Waals surface area contributed by atoms with E-state index in [1.807, 2.05) is 26.0 Å². The van der Waals surface area contributed by atoms with Crippen LogP contribution in [0.1, 0.15) is 47.8 Å². The summed E-state index contributed by atoms with van der Waals surface area (Å²) in [6, 6.07) is 9.02. The smallest absolute Gasteiger partial charge is 0.388 e. The van der Waals surface area contributed by atoms with E-state index in [-0.39, 0.29) is 12.0 Å². The minimum atomic E-state index is -4.41. The molecule has 1 aliphatic carbocycles. The van der Waals surface area contributed by atoms with Crippen molar-refractivity contribution < 1.29 is 18.3 Å². The molecule has 0 unspecified atom stereocenters. The summed E-state index contributed by atoms with van der Waals surface area (Å²) < 4.78 is 39.4. The van der Waals surface area contributed by atoms with Crippen LogP contribution in [0.15, 0.2) is 48.7 Å². The lowest BCUT2D eigenvalue weighted by Gasteiger charge is -2.53. The SMILES string of the molecule is C=C(C)NCC1(CCl)CC(O)(c2cc(C)c3nc(C)nc(NCc4cccc(C(F)(F)F)c4)c3c2)C1. The van der Waals surface area contributed by atoms with Gasteiger partial charge in [-0.1, -0.05) is 24.8 Å². The molecule has 1 aromatic heterocycles. The fraction of sp³-hybridized carbons (Fsp3) is 0.407. The molecular formula is C27H30ClF3N4O. The molecule has 1 heterocycles. The van der Waals surface area contributed by atoms with E-state index in [4.69, 9.17) is 11.6 Å². The minimum absolute atomic E-state index is 0.158. The molecule has 1 fully saturated rings. The molecule has 5 nitrogen and oxygen atoms in total. The highest BCUT2D eigenvalue weighted by Gasteiger charge is 2.54. The van der Waals surface area contributed by atoms with Crippen LogP contribution in [-0.2, 0) is 18.3 Å². The number of fused-ring (bicyclic) bond motifs is 1. The Kier molecular flexibility index (Phi) is 6.96. The fourth-order valence-corrected chi connectivity index (χ4v) is 5.25. The van der Waals surface area contributed by atoms with Gasteiger partial charge < -0.3 is 15.7 Å². The van der Waals surface area contributed by atoms with Crippen molar-refractivity contribution in [2.24, 2.45) is 5.41 Å². The van der Waals surface area contributed by atoms with Crippen LogP contribution in [0.25, 0.3) is 10.9 Å². The van der Waals surface area contributed by atoms with E-state index in [9.17, 15) is 18.3 Å². The zero-order valence-corrected chi connectivity index (χ0v) is 21.3. The Balaban J connectivity index is 1.64. The van der Waals surface area contributed by atoms with E-state index >= 15 is 0 Å². The van der Waals surface area contributed by atoms with Crippen molar-refractivity contribution in [2.75, 3.05) is 17.7 Å². The number of aromatic nitrogens is 2. The van der Waals surface area contributed by atoms with Gasteiger partial charge in [0.25, 0.3) is 0 Å². The first-order valence-corrected chi connectivity index (χ1v) is 12.2. The van der Waals surface area contributed by atoms with Gasteiger partial charge in [-0.15, -0.1) is 11.6 Å². The molecule has 0 aliphatic heterocycles. The number of aliphatic hydroxyl groups is 1. The van der Waals surface area contributed by atoms with Gasteiger partial charge in [-0.25, -0.2) is 9.97 Å². The second-order valence-electron chi connectivity index (χ2n) is 10.0. The molecule has 0 saturated heterocycles. The van der Waals surface area contributed by atoms with Crippen LogP contribution in [0.3, 0.4) is 0 Å². The number of rotatable bonds is 8. The predicted octanol–water partition coefficient (Wildman–Crippen LogP) is 6.21. The van der Waals surface area contributed by atoms with Gasteiger partial charge in [0.2, 0.25) is 0 Å². The summed E-state index contributed by atoms with van der Waals surface area (Å²) in [5.74, 6) is 1.46. The lowest BCUT2D eigenvalue weighted by molar-refractivity contribution is -0.137. The van der Waals surface area contributed by atoms with Gasteiger partial charge in [-0.2, -0.15) is 13.2 Å². The number of halogens is 4. The number of benzene rings is 2. The summed E-state index contributed by atoms with van der Waals surface area (Å²) in [7, 11) is 0. The van der Waals surface area contributed by atoms with Crippen molar-refractivity contribution >= 4 is 28.3 Å². The van der Waals surface area contributed by atoms with Crippen LogP contribution in [0.2, 0.25) is 0 Å². The summed E-state index contributed by atoms with van der Waals surface area (Å²) >= 11 is 6.28. The second kappa shape index (κ2) is 9.56. The van der Waals surface area contributed by atoms with Crippen molar-refractivity contribution in [2.45, 2.75) is 51.9 Å². The van der Waals surface area contributed by atoms with Crippen LogP contribution in [0, 0.1) is 19.3 Å². The van der Waals surface area contributed by atoms with Crippen molar-refractivity contribution in [3.63, 3.8) is 0 Å². The minimum Gasteiger partial charge on any atom is -0.388 e. The van der Waals surface area contributed by atoms with Gasteiger partial charge in [-0.3, -0.25) is 0 Å². The molecule has 3 N–H and O–H groups in total. The van der Waals surface area contributed by atoms with Gasteiger partial charge in [0.05, 0.1) is 16.7 Å². The average molecular weight is 519 g/mol. The number of nitrogens with one attached hydrogen (secondary N) is 2. The topological polar surface area (TPSA) is 70.1 Å². The highest BCUT2D eigenvalue weighted by atomic mass is 35.5. The average Bonchev–Trinajstić information content (AvgIpc) is 2.79. The molecule has 1 aliphatic rings. The molecule has 3 aromatic rings. The largest absolute Gasteiger partial charge is 0.416 e. The summed E-state index contributed by atoms with van der Waals surface area (Å²) in [5, 5.41) is 18.6. The quantitative estimate of drug-likeness (QED) is 0.309. The Labute approximate surface area is 213 Å². The van der Waals surface area contributed by atoms with Crippen molar-refractivity contribution in [1.82, 2.24) is 15.3 Å². The molecule has 0 bridgehead atoms. The van der Waals surface area contributed by atoms with E-state index in [1.165, 1.54) is 6.07 Å². The molecule has 0 amide bonds. The molecule has 0 atom stereocenters. The molecule has 0 spiro atoms. The highest BCUT2D eigenvalue weighted by molar-refractivity contribution is 6.18. The Morgan fingerprint density at radius 1 is 1.17 bits per heavy atom. The third-order valence-electron chi connectivity index (χ3n) is 6.74. The summed E-state index contributed by atoms with van der Waals surface area (Å²) in [6.07, 6.45) is -3.42. The first-order chi connectivity index (χ1) is 16.8. The standard InChI is InChI=1S/C27H30ClF3N4O/c1-16(2)33-15-25(14-28)12-26(36,13-25)21-8-17(3)23-22(10-21)24(35-18(4)34-23)32-11-19-6-5-7-20(9-19)27(29,30)31/h5-10,33,36H,1,11-15H2,2-4H3,(H,32,34,35). The molecule has 192 valence electrons. The molecule has 4 rings (SSSR count). The van der Waals surface area contributed by atoms with Crippen LogP contribution in [0.4, 0.5) is 19.0 Å². The maximum absolute atomic E-state index is 13.1. The van der Waals surface area contributed by atoms with E-state index in [2.05, 4.69) is 27.2 Å². The van der Waals surface area contributed by atoms with Gasteiger partial charge >= 0.3 is 6.18 Å². The number of hydrogen-bond donors (Lipinski definition) is 3. The number of alkyl halides is 4. The Morgan fingerprint density at radius 2 is 1.89 bits per heavy atom. The van der Waals surface area contributed by atoms with Crippen molar-refractivity contribution in [3.05, 3.63) is 76.8 Å².